The minimum Gasteiger partial charge on any atom is -0.490 e. The molecule has 0 radical (unpaired) electrons. The molecule has 1 amide bonds. The highest BCUT2D eigenvalue weighted by molar-refractivity contribution is 6.06. The van der Waals surface area contributed by atoms with Gasteiger partial charge in [-0.3, -0.25) is 4.79 Å². The number of pyridine rings is 1. The van der Waals surface area contributed by atoms with Crippen molar-refractivity contribution in [2.75, 3.05) is 19.0 Å². The van der Waals surface area contributed by atoms with E-state index >= 15 is 0 Å². The van der Waals surface area contributed by atoms with Gasteiger partial charge in [0.1, 0.15) is 11.4 Å². The summed E-state index contributed by atoms with van der Waals surface area (Å²) in [7, 11) is 1.54. The summed E-state index contributed by atoms with van der Waals surface area (Å²) >= 11 is 0. The summed E-state index contributed by atoms with van der Waals surface area (Å²) in [6.45, 7) is 6.68. The molecule has 10 heteroatoms. The predicted molar refractivity (Wildman–Crippen MR) is 124 cm³/mol. The first-order valence-corrected chi connectivity index (χ1v) is 11.3. The van der Waals surface area contributed by atoms with E-state index in [1.54, 1.807) is 24.5 Å². The molecule has 176 valence electrons. The number of carbonyl (C=O) groups is 1. The number of amides is 1. The normalized spacial score (nSPS) is 23.4. The van der Waals surface area contributed by atoms with Gasteiger partial charge in [0, 0.05) is 29.9 Å². The van der Waals surface area contributed by atoms with E-state index in [-0.39, 0.29) is 23.0 Å². The molecule has 34 heavy (non-hydrogen) atoms. The van der Waals surface area contributed by atoms with Crippen LogP contribution >= 0.6 is 0 Å². The maximum atomic E-state index is 13.4. The van der Waals surface area contributed by atoms with Gasteiger partial charge in [0.25, 0.3) is 5.91 Å². The first kappa shape index (κ1) is 20.9. The van der Waals surface area contributed by atoms with E-state index in [4.69, 9.17) is 19.2 Å². The fourth-order valence-corrected chi connectivity index (χ4v) is 5.18. The van der Waals surface area contributed by atoms with Gasteiger partial charge in [0.2, 0.25) is 5.88 Å². The molecule has 2 bridgehead atoms. The molecule has 0 aromatic carbocycles. The first-order chi connectivity index (χ1) is 16.3. The topological polar surface area (TPSA) is 104 Å². The van der Waals surface area contributed by atoms with E-state index in [1.165, 1.54) is 11.6 Å². The number of methoxy groups -OCH3 is 1. The molecule has 2 saturated heterocycles. The number of hydrogen-bond donors (Lipinski definition) is 1. The Kier molecular flexibility index (Phi) is 4.41. The number of imidazole rings is 2. The van der Waals surface area contributed by atoms with E-state index in [9.17, 15) is 4.79 Å². The third-order valence-electron chi connectivity index (χ3n) is 6.62. The van der Waals surface area contributed by atoms with Crippen LogP contribution in [0.25, 0.3) is 11.3 Å². The highest BCUT2D eigenvalue weighted by Gasteiger charge is 2.61. The average Bonchev–Trinajstić information content (AvgIpc) is 3.53. The second kappa shape index (κ2) is 7.17. The van der Waals surface area contributed by atoms with Crippen molar-refractivity contribution in [3.05, 3.63) is 48.0 Å². The van der Waals surface area contributed by atoms with Gasteiger partial charge in [0.05, 0.1) is 42.9 Å². The van der Waals surface area contributed by atoms with Crippen molar-refractivity contribution in [3.8, 4) is 11.6 Å². The van der Waals surface area contributed by atoms with Crippen LogP contribution in [0.2, 0.25) is 0 Å². The van der Waals surface area contributed by atoms with Crippen molar-refractivity contribution < 1.29 is 19.0 Å². The third kappa shape index (κ3) is 3.20. The Hall–Kier alpha value is -3.66. The van der Waals surface area contributed by atoms with Crippen molar-refractivity contribution in [1.29, 1.82) is 0 Å². The lowest BCUT2D eigenvalue weighted by atomic mass is 9.62. The lowest BCUT2D eigenvalue weighted by molar-refractivity contribution is 0.0154. The van der Waals surface area contributed by atoms with Crippen LogP contribution in [0.4, 0.5) is 5.82 Å². The van der Waals surface area contributed by atoms with Crippen LogP contribution in [0, 0.1) is 0 Å². The van der Waals surface area contributed by atoms with Gasteiger partial charge in [-0.2, -0.15) is 4.52 Å². The number of aromatic nitrogens is 5. The van der Waals surface area contributed by atoms with Crippen molar-refractivity contribution in [3.63, 3.8) is 0 Å². The van der Waals surface area contributed by atoms with E-state index in [0.717, 1.165) is 24.2 Å². The Morgan fingerprint density at radius 1 is 1.24 bits per heavy atom. The zero-order valence-corrected chi connectivity index (χ0v) is 19.5. The molecule has 0 spiro atoms. The van der Waals surface area contributed by atoms with E-state index in [0.29, 0.717) is 35.3 Å². The van der Waals surface area contributed by atoms with Gasteiger partial charge in [-0.05, 0) is 39.7 Å². The highest BCUT2D eigenvalue weighted by Crippen LogP contribution is 2.58. The molecule has 10 nitrogen and oxygen atoms in total. The standard InChI is InChI=1S/C24H26N6O4/c1-14(2)34-16-7-19-26-17(24-11-23(3,12-24)33-13-24)10-29(19)9-15(16)22(31)27-20-8-25-18-5-6-21(32-4)28-30(18)20/h5-10,14H,11-13H2,1-4H3,(H,27,31). The van der Waals surface area contributed by atoms with Gasteiger partial charge in [-0.15, -0.1) is 5.10 Å². The lowest BCUT2D eigenvalue weighted by Gasteiger charge is -2.41. The van der Waals surface area contributed by atoms with Gasteiger partial charge in [-0.1, -0.05) is 0 Å². The minimum atomic E-state index is -0.335. The average molecular weight is 463 g/mol. The number of fused-ring (bicyclic) bond motifs is 3. The van der Waals surface area contributed by atoms with E-state index in [2.05, 4.69) is 22.3 Å². The minimum absolute atomic E-state index is 0.0303. The van der Waals surface area contributed by atoms with Crippen LogP contribution in [0.1, 0.15) is 49.7 Å². The fraction of sp³-hybridized carbons (Fsp3) is 0.417. The molecular formula is C24H26N6O4. The molecule has 1 saturated carbocycles. The molecule has 0 atom stereocenters. The number of carbonyl (C=O) groups excluding carboxylic acids is 1. The monoisotopic (exact) mass is 462 g/mol. The number of nitrogens with zero attached hydrogens (tertiary/aromatic N) is 5. The zero-order valence-electron chi connectivity index (χ0n) is 19.5. The maximum Gasteiger partial charge on any atom is 0.262 e. The van der Waals surface area contributed by atoms with Crippen molar-refractivity contribution >= 4 is 23.0 Å². The van der Waals surface area contributed by atoms with E-state index in [1.807, 2.05) is 30.5 Å². The molecule has 1 aliphatic carbocycles. The fourth-order valence-electron chi connectivity index (χ4n) is 5.18. The molecule has 2 aliphatic heterocycles. The van der Waals surface area contributed by atoms with Crippen LogP contribution in [0.5, 0.6) is 11.6 Å². The SMILES string of the molecule is COc1ccc2ncc(NC(=O)c3cn4cc(C56COC(C)(C5)C6)nc4cc3OC(C)C)n2n1. The van der Waals surface area contributed by atoms with E-state index < -0.39 is 0 Å². The number of rotatable bonds is 6. The van der Waals surface area contributed by atoms with Gasteiger partial charge < -0.3 is 23.9 Å². The second-order valence-corrected chi connectivity index (χ2v) is 9.73. The summed E-state index contributed by atoms with van der Waals surface area (Å²) in [5.74, 6) is 0.976. The molecule has 3 fully saturated rings. The summed E-state index contributed by atoms with van der Waals surface area (Å²) in [6, 6.07) is 5.30. The highest BCUT2D eigenvalue weighted by atomic mass is 16.5. The molecule has 1 N–H and O–H groups in total. The summed E-state index contributed by atoms with van der Waals surface area (Å²) in [4.78, 5) is 22.6. The van der Waals surface area contributed by atoms with Crippen LogP contribution in [-0.4, -0.2) is 55.3 Å². The number of anilines is 1. The Labute approximate surface area is 195 Å². The summed E-state index contributed by atoms with van der Waals surface area (Å²) < 4.78 is 20.6. The zero-order chi connectivity index (χ0) is 23.7. The number of ether oxygens (including phenoxy) is 3. The summed E-state index contributed by atoms with van der Waals surface area (Å²) in [5, 5.41) is 7.25. The molecule has 7 rings (SSSR count). The maximum absolute atomic E-state index is 13.4. The lowest BCUT2D eigenvalue weighted by Crippen LogP contribution is -2.45. The predicted octanol–water partition coefficient (Wildman–Crippen LogP) is 3.25. The van der Waals surface area contributed by atoms with Crippen molar-refractivity contribution in [1.82, 2.24) is 24.0 Å². The second-order valence-electron chi connectivity index (χ2n) is 9.73. The third-order valence-corrected chi connectivity index (χ3v) is 6.62. The molecule has 6 heterocycles. The van der Waals surface area contributed by atoms with Crippen molar-refractivity contribution in [2.45, 2.75) is 50.7 Å². The Balaban J connectivity index is 1.37. The smallest absolute Gasteiger partial charge is 0.262 e. The van der Waals surface area contributed by atoms with Crippen LogP contribution < -0.4 is 14.8 Å². The largest absolute Gasteiger partial charge is 0.490 e. The van der Waals surface area contributed by atoms with Crippen LogP contribution in [0.15, 0.2) is 36.8 Å². The van der Waals surface area contributed by atoms with Crippen LogP contribution in [0.3, 0.4) is 0 Å². The van der Waals surface area contributed by atoms with Gasteiger partial charge in [0.15, 0.2) is 11.5 Å². The molecule has 4 aromatic rings. The summed E-state index contributed by atoms with van der Waals surface area (Å²) in [5.41, 5.74) is 2.64. The Morgan fingerprint density at radius 2 is 2.06 bits per heavy atom. The molecular weight excluding hydrogens is 436 g/mol. The molecule has 4 aromatic heterocycles. The van der Waals surface area contributed by atoms with Crippen molar-refractivity contribution in [2.24, 2.45) is 0 Å². The Bertz CT molecular complexity index is 1430. The molecule has 3 aliphatic rings. The van der Waals surface area contributed by atoms with Gasteiger partial charge in [-0.25, -0.2) is 9.97 Å². The summed E-state index contributed by atoms with van der Waals surface area (Å²) in [6.07, 6.45) is 7.15. The first-order valence-electron chi connectivity index (χ1n) is 11.3. The Morgan fingerprint density at radius 3 is 2.76 bits per heavy atom. The number of nitrogens with one attached hydrogen (secondary N) is 1. The molecule has 0 unspecified atom stereocenters. The quantitative estimate of drug-likeness (QED) is 0.469. The van der Waals surface area contributed by atoms with Crippen LogP contribution in [-0.2, 0) is 10.2 Å². The number of hydrogen-bond acceptors (Lipinski definition) is 7. The van der Waals surface area contributed by atoms with Gasteiger partial charge >= 0.3 is 0 Å².